The first kappa shape index (κ1) is 15.7. The maximum atomic E-state index is 13.0. The van der Waals surface area contributed by atoms with Gasteiger partial charge in [0.2, 0.25) is 10.0 Å². The first-order valence-electron chi connectivity index (χ1n) is 6.07. The van der Waals surface area contributed by atoms with E-state index in [4.69, 9.17) is 16.3 Å². The molecule has 1 saturated heterocycles. The molecular formula is C12H15ClFNO4S. The van der Waals surface area contributed by atoms with Crippen molar-refractivity contribution in [2.45, 2.75) is 23.3 Å². The van der Waals surface area contributed by atoms with Crippen molar-refractivity contribution in [3.8, 4) is 0 Å². The van der Waals surface area contributed by atoms with Crippen molar-refractivity contribution < 1.29 is 22.7 Å². The van der Waals surface area contributed by atoms with Crippen molar-refractivity contribution in [1.82, 2.24) is 4.72 Å². The van der Waals surface area contributed by atoms with Crippen LogP contribution < -0.4 is 4.72 Å². The summed E-state index contributed by atoms with van der Waals surface area (Å²) in [6.45, 7) is 0.662. The molecule has 1 aliphatic rings. The van der Waals surface area contributed by atoms with Crippen molar-refractivity contribution in [2.24, 2.45) is 0 Å². The number of hydrogen-bond acceptors (Lipinski definition) is 4. The Morgan fingerprint density at radius 3 is 2.65 bits per heavy atom. The van der Waals surface area contributed by atoms with Gasteiger partial charge in [0, 0.05) is 32.6 Å². The summed E-state index contributed by atoms with van der Waals surface area (Å²) in [5, 5.41) is 9.92. The number of benzene rings is 1. The van der Waals surface area contributed by atoms with Crippen molar-refractivity contribution in [3.05, 3.63) is 29.0 Å². The highest BCUT2D eigenvalue weighted by Gasteiger charge is 2.31. The Bertz CT molecular complexity index is 587. The van der Waals surface area contributed by atoms with Crippen molar-refractivity contribution in [1.29, 1.82) is 0 Å². The molecule has 0 aromatic heterocycles. The number of sulfonamides is 1. The summed E-state index contributed by atoms with van der Waals surface area (Å²) in [4.78, 5) is -0.139. The molecule has 1 aromatic rings. The van der Waals surface area contributed by atoms with Crippen LogP contribution in [0.3, 0.4) is 0 Å². The number of ether oxygens (including phenoxy) is 1. The molecule has 0 unspecified atom stereocenters. The molecular weight excluding hydrogens is 309 g/mol. The van der Waals surface area contributed by atoms with E-state index in [1.165, 1.54) is 0 Å². The Labute approximate surface area is 121 Å². The Balaban J connectivity index is 2.09. The molecule has 1 aliphatic heterocycles. The average molecular weight is 324 g/mol. The average Bonchev–Trinajstić information content (AvgIpc) is 2.41. The molecule has 0 radical (unpaired) electrons. The molecule has 20 heavy (non-hydrogen) atoms. The number of rotatable bonds is 4. The van der Waals surface area contributed by atoms with Gasteiger partial charge in [-0.3, -0.25) is 0 Å². The van der Waals surface area contributed by atoms with Gasteiger partial charge in [-0.1, -0.05) is 11.6 Å². The summed E-state index contributed by atoms with van der Waals surface area (Å²) in [5.74, 6) is -0.686. The lowest BCUT2D eigenvalue weighted by molar-refractivity contribution is -0.0588. The summed E-state index contributed by atoms with van der Waals surface area (Å²) in [5.41, 5.74) is -1.12. The van der Waals surface area contributed by atoms with Crippen LogP contribution >= 0.6 is 11.6 Å². The van der Waals surface area contributed by atoms with E-state index in [1.807, 2.05) is 0 Å². The molecule has 1 fully saturated rings. The number of hydrogen-bond donors (Lipinski definition) is 2. The van der Waals surface area contributed by atoms with Crippen LogP contribution in [0.25, 0.3) is 0 Å². The lowest BCUT2D eigenvalue weighted by atomic mass is 9.95. The predicted molar refractivity (Wildman–Crippen MR) is 71.6 cm³/mol. The van der Waals surface area contributed by atoms with Gasteiger partial charge in [-0.2, -0.15) is 0 Å². The van der Waals surface area contributed by atoms with Crippen LogP contribution in [0.15, 0.2) is 23.1 Å². The van der Waals surface area contributed by atoms with Gasteiger partial charge >= 0.3 is 0 Å². The zero-order chi connectivity index (χ0) is 14.8. The second kappa shape index (κ2) is 5.95. The minimum Gasteiger partial charge on any atom is -0.388 e. The van der Waals surface area contributed by atoms with Crippen LogP contribution in [0.2, 0.25) is 5.02 Å². The molecule has 0 amide bonds. The van der Waals surface area contributed by atoms with Gasteiger partial charge in [0.25, 0.3) is 0 Å². The van der Waals surface area contributed by atoms with E-state index in [-0.39, 0.29) is 16.5 Å². The van der Waals surface area contributed by atoms with Crippen LogP contribution in [-0.2, 0) is 14.8 Å². The second-order valence-electron chi connectivity index (χ2n) is 4.74. The monoisotopic (exact) mass is 323 g/mol. The van der Waals surface area contributed by atoms with Crippen LogP contribution in [-0.4, -0.2) is 38.9 Å². The fraction of sp³-hybridized carbons (Fsp3) is 0.500. The molecule has 0 spiro atoms. The highest BCUT2D eigenvalue weighted by Crippen LogP contribution is 2.22. The molecule has 0 saturated carbocycles. The van der Waals surface area contributed by atoms with Gasteiger partial charge < -0.3 is 9.84 Å². The highest BCUT2D eigenvalue weighted by molar-refractivity contribution is 7.89. The topological polar surface area (TPSA) is 75.6 Å². The van der Waals surface area contributed by atoms with Gasteiger partial charge in [-0.25, -0.2) is 17.5 Å². The van der Waals surface area contributed by atoms with E-state index in [9.17, 15) is 17.9 Å². The van der Waals surface area contributed by atoms with Gasteiger partial charge in [0.1, 0.15) is 5.82 Å². The third-order valence-electron chi connectivity index (χ3n) is 3.22. The number of halogens is 2. The maximum Gasteiger partial charge on any atom is 0.240 e. The zero-order valence-corrected chi connectivity index (χ0v) is 12.2. The lowest BCUT2D eigenvalue weighted by Gasteiger charge is -2.31. The van der Waals surface area contributed by atoms with Gasteiger partial charge in [-0.05, 0) is 18.2 Å². The summed E-state index contributed by atoms with van der Waals surface area (Å²) < 4.78 is 44.5. The van der Waals surface area contributed by atoms with Crippen LogP contribution in [0.1, 0.15) is 12.8 Å². The Morgan fingerprint density at radius 1 is 1.40 bits per heavy atom. The summed E-state index contributed by atoms with van der Waals surface area (Å²) in [6, 6.07) is 3.14. The van der Waals surface area contributed by atoms with E-state index in [0.717, 1.165) is 18.2 Å². The maximum absolute atomic E-state index is 13.0. The van der Waals surface area contributed by atoms with Crippen molar-refractivity contribution >= 4 is 21.6 Å². The fourth-order valence-corrected chi connectivity index (χ4v) is 3.28. The normalized spacial score (nSPS) is 18.9. The fourth-order valence-electron chi connectivity index (χ4n) is 1.88. The first-order valence-corrected chi connectivity index (χ1v) is 7.93. The molecule has 0 atom stereocenters. The minimum atomic E-state index is -3.84. The van der Waals surface area contributed by atoms with E-state index < -0.39 is 21.4 Å². The first-order chi connectivity index (χ1) is 9.32. The predicted octanol–water partition coefficient (Wildman–Crippen LogP) is 1.30. The molecule has 5 nitrogen and oxygen atoms in total. The van der Waals surface area contributed by atoms with E-state index in [0.29, 0.717) is 26.1 Å². The SMILES string of the molecule is O=S(=O)(NCC1(O)CCOCC1)c1ccc(F)c(Cl)c1. The smallest absolute Gasteiger partial charge is 0.240 e. The molecule has 1 aromatic carbocycles. The third-order valence-corrected chi connectivity index (χ3v) is 4.90. The van der Waals surface area contributed by atoms with Crippen LogP contribution in [0.5, 0.6) is 0 Å². The Morgan fingerprint density at radius 2 is 2.05 bits per heavy atom. The van der Waals surface area contributed by atoms with Gasteiger partial charge in [0.15, 0.2) is 0 Å². The molecule has 8 heteroatoms. The molecule has 2 N–H and O–H groups in total. The summed E-state index contributed by atoms with van der Waals surface area (Å²) in [6.07, 6.45) is 0.722. The Hall–Kier alpha value is -0.730. The third kappa shape index (κ3) is 3.67. The van der Waals surface area contributed by atoms with Crippen molar-refractivity contribution in [3.63, 3.8) is 0 Å². The van der Waals surface area contributed by atoms with Crippen molar-refractivity contribution in [2.75, 3.05) is 19.8 Å². The number of nitrogens with one attached hydrogen (secondary N) is 1. The second-order valence-corrected chi connectivity index (χ2v) is 6.91. The van der Waals surface area contributed by atoms with E-state index in [2.05, 4.69) is 4.72 Å². The largest absolute Gasteiger partial charge is 0.388 e. The van der Waals surface area contributed by atoms with Crippen LogP contribution in [0.4, 0.5) is 4.39 Å². The standard InChI is InChI=1S/C12H15ClFNO4S/c13-10-7-9(1-2-11(10)14)20(17,18)15-8-12(16)3-5-19-6-4-12/h1-2,7,15-16H,3-6,8H2. The molecule has 1 heterocycles. The zero-order valence-electron chi connectivity index (χ0n) is 10.6. The highest BCUT2D eigenvalue weighted by atomic mass is 35.5. The Kier molecular flexibility index (Phi) is 4.66. The van der Waals surface area contributed by atoms with Gasteiger partial charge in [-0.15, -0.1) is 0 Å². The quantitative estimate of drug-likeness (QED) is 0.875. The molecule has 0 bridgehead atoms. The molecule has 2 rings (SSSR count). The van der Waals surface area contributed by atoms with Crippen LogP contribution in [0, 0.1) is 5.82 Å². The van der Waals surface area contributed by atoms with Gasteiger partial charge in [0.05, 0.1) is 15.5 Å². The number of aliphatic hydroxyl groups is 1. The molecule has 0 aliphatic carbocycles. The van der Waals surface area contributed by atoms with E-state index >= 15 is 0 Å². The molecule has 112 valence electrons. The lowest BCUT2D eigenvalue weighted by Crippen LogP contribution is -2.46. The minimum absolute atomic E-state index is 0.117. The summed E-state index contributed by atoms with van der Waals surface area (Å²) in [7, 11) is -3.84. The summed E-state index contributed by atoms with van der Waals surface area (Å²) >= 11 is 5.56. The van der Waals surface area contributed by atoms with E-state index in [1.54, 1.807) is 0 Å².